The number of carbonyl (C=O) groups excluding carboxylic acids is 3. The fraction of sp³-hybridized carbons (Fsp3) is 0.447. The lowest BCUT2D eigenvalue weighted by Gasteiger charge is -2.35. The molecule has 3 aromatic carbocycles. The number of amides is 3. The van der Waals surface area contributed by atoms with Crippen LogP contribution in [0.2, 0.25) is 0 Å². The predicted molar refractivity (Wildman–Crippen MR) is 184 cm³/mol. The highest BCUT2D eigenvalue weighted by atomic mass is 16.6. The van der Waals surface area contributed by atoms with Crippen molar-refractivity contribution in [3.8, 4) is 5.75 Å². The van der Waals surface area contributed by atoms with E-state index in [1.54, 1.807) is 57.0 Å². The smallest absolute Gasteiger partial charge is 0.408 e. The van der Waals surface area contributed by atoms with E-state index in [0.717, 1.165) is 42.4 Å². The quantitative estimate of drug-likeness (QED) is 0.167. The van der Waals surface area contributed by atoms with Gasteiger partial charge in [0.1, 0.15) is 23.4 Å². The molecule has 0 aromatic heterocycles. The van der Waals surface area contributed by atoms with Gasteiger partial charge in [0.15, 0.2) is 0 Å². The second kappa shape index (κ2) is 17.4. The Morgan fingerprint density at radius 1 is 0.848 bits per heavy atom. The van der Waals surface area contributed by atoms with Gasteiger partial charge in [-0.05, 0) is 76.4 Å². The van der Waals surface area contributed by atoms with Crippen LogP contribution in [0.1, 0.15) is 88.1 Å². The summed E-state index contributed by atoms with van der Waals surface area (Å²) in [7, 11) is 1.59. The summed E-state index contributed by atoms with van der Waals surface area (Å²) < 4.78 is 10.9. The summed E-state index contributed by atoms with van der Waals surface area (Å²) in [6.45, 7) is 11.8. The fourth-order valence-electron chi connectivity index (χ4n) is 5.48. The van der Waals surface area contributed by atoms with Crippen molar-refractivity contribution in [1.29, 1.82) is 0 Å². The maximum absolute atomic E-state index is 14.8. The third-order valence-corrected chi connectivity index (χ3v) is 7.53. The lowest BCUT2D eigenvalue weighted by Crippen LogP contribution is -2.53. The van der Waals surface area contributed by atoms with E-state index in [9.17, 15) is 14.4 Å². The predicted octanol–water partition coefficient (Wildman–Crippen LogP) is 7.93. The zero-order chi connectivity index (χ0) is 33.7. The van der Waals surface area contributed by atoms with Crippen molar-refractivity contribution < 1.29 is 23.9 Å². The number of hydrogen-bond donors (Lipinski definition) is 2. The van der Waals surface area contributed by atoms with Gasteiger partial charge >= 0.3 is 6.09 Å². The molecule has 0 aliphatic heterocycles. The summed E-state index contributed by atoms with van der Waals surface area (Å²) in [6, 6.07) is 20.7. The Labute approximate surface area is 274 Å². The Hall–Kier alpha value is -4.33. The van der Waals surface area contributed by atoms with Crippen molar-refractivity contribution in [1.82, 2.24) is 10.2 Å². The molecule has 2 N–H and O–H groups in total. The number of methoxy groups -OCH3 is 1. The largest absolute Gasteiger partial charge is 0.497 e. The minimum atomic E-state index is -0.963. The molecule has 0 saturated carbocycles. The van der Waals surface area contributed by atoms with Crippen molar-refractivity contribution in [3.05, 3.63) is 95.1 Å². The highest BCUT2D eigenvalue weighted by molar-refractivity contribution is 5.99. The van der Waals surface area contributed by atoms with Gasteiger partial charge in [-0.2, -0.15) is 0 Å². The first-order chi connectivity index (χ1) is 21.9. The summed E-state index contributed by atoms with van der Waals surface area (Å²) in [6.07, 6.45) is 4.42. The van der Waals surface area contributed by atoms with Gasteiger partial charge in [-0.25, -0.2) is 4.79 Å². The second-order valence-corrected chi connectivity index (χ2v) is 12.9. The molecular weight excluding hydrogens is 578 g/mol. The van der Waals surface area contributed by atoms with E-state index < -0.39 is 23.8 Å². The Bertz CT molecular complexity index is 1400. The Balaban J connectivity index is 2.08. The minimum absolute atomic E-state index is 0.241. The monoisotopic (exact) mass is 629 g/mol. The van der Waals surface area contributed by atoms with Crippen LogP contribution in [0.4, 0.5) is 10.5 Å². The molecule has 0 spiro atoms. The van der Waals surface area contributed by atoms with Gasteiger partial charge in [-0.15, -0.1) is 0 Å². The SMILES string of the molecule is CCCCCCCN(C(=O)C(Cc1ccccc1)NC(=O)OC(C)(C)C)C(C(=O)Nc1ccc(OC)cc1)c1cc(C)cc(C)c1. The molecule has 248 valence electrons. The van der Waals surface area contributed by atoms with Crippen LogP contribution in [0.15, 0.2) is 72.8 Å². The number of rotatable bonds is 15. The van der Waals surface area contributed by atoms with Crippen molar-refractivity contribution in [3.63, 3.8) is 0 Å². The number of nitrogens with zero attached hydrogens (tertiary/aromatic N) is 1. The van der Waals surface area contributed by atoms with Crippen LogP contribution < -0.4 is 15.4 Å². The zero-order valence-electron chi connectivity index (χ0n) is 28.5. The molecule has 2 atom stereocenters. The van der Waals surface area contributed by atoms with Crippen LogP contribution in [0.5, 0.6) is 5.75 Å². The first kappa shape index (κ1) is 36.1. The molecule has 3 aromatic rings. The summed E-state index contributed by atoms with van der Waals surface area (Å²) in [5.74, 6) is -0.0169. The van der Waals surface area contributed by atoms with Gasteiger partial charge in [-0.3, -0.25) is 9.59 Å². The molecule has 8 heteroatoms. The summed E-state index contributed by atoms with van der Waals surface area (Å²) in [4.78, 5) is 43.8. The van der Waals surface area contributed by atoms with Crippen molar-refractivity contribution >= 4 is 23.6 Å². The lowest BCUT2D eigenvalue weighted by molar-refractivity contribution is -0.140. The average Bonchev–Trinajstić information content (AvgIpc) is 2.99. The van der Waals surface area contributed by atoms with Gasteiger partial charge in [0, 0.05) is 18.7 Å². The highest BCUT2D eigenvalue weighted by Crippen LogP contribution is 2.28. The Morgan fingerprint density at radius 2 is 1.48 bits per heavy atom. The third-order valence-electron chi connectivity index (χ3n) is 7.53. The normalized spacial score (nSPS) is 12.5. The average molecular weight is 630 g/mol. The topological polar surface area (TPSA) is 97.0 Å². The fourth-order valence-corrected chi connectivity index (χ4v) is 5.48. The number of anilines is 1. The molecule has 0 fully saturated rings. The first-order valence-corrected chi connectivity index (χ1v) is 16.3. The number of aryl methyl sites for hydroxylation is 2. The maximum Gasteiger partial charge on any atom is 0.408 e. The van der Waals surface area contributed by atoms with Crippen molar-refractivity contribution in [2.24, 2.45) is 0 Å². The Morgan fingerprint density at radius 3 is 2.07 bits per heavy atom. The molecule has 46 heavy (non-hydrogen) atoms. The van der Waals surface area contributed by atoms with E-state index in [1.165, 1.54) is 0 Å². The van der Waals surface area contributed by atoms with Gasteiger partial charge < -0.3 is 25.0 Å². The molecule has 8 nitrogen and oxygen atoms in total. The van der Waals surface area contributed by atoms with Crippen LogP contribution in [0.3, 0.4) is 0 Å². The minimum Gasteiger partial charge on any atom is -0.497 e. The summed E-state index contributed by atoms with van der Waals surface area (Å²) >= 11 is 0. The number of ether oxygens (including phenoxy) is 2. The Kier molecular flexibility index (Phi) is 13.7. The standard InChI is InChI=1S/C38H51N3O5/c1-8-9-10-11-15-22-41(36(43)33(26-29-16-13-12-14-17-29)40-37(44)46-38(4,5)6)34(30-24-27(2)23-28(3)25-30)35(42)39-31-18-20-32(45-7)21-19-31/h12-14,16-21,23-25,33-34H,8-11,15,22,26H2,1-7H3,(H,39,42)(H,40,44). The number of unbranched alkanes of at least 4 members (excludes halogenated alkanes) is 4. The number of nitrogens with one attached hydrogen (secondary N) is 2. The number of hydrogen-bond acceptors (Lipinski definition) is 5. The molecule has 0 bridgehead atoms. The van der Waals surface area contributed by atoms with E-state index in [1.807, 2.05) is 62.4 Å². The van der Waals surface area contributed by atoms with Crippen LogP contribution in [0, 0.1) is 13.8 Å². The van der Waals surface area contributed by atoms with Crippen LogP contribution in [0.25, 0.3) is 0 Å². The van der Waals surface area contributed by atoms with Gasteiger partial charge in [0.25, 0.3) is 5.91 Å². The van der Waals surface area contributed by atoms with E-state index in [-0.39, 0.29) is 18.2 Å². The highest BCUT2D eigenvalue weighted by Gasteiger charge is 2.36. The van der Waals surface area contributed by atoms with Crippen LogP contribution in [-0.4, -0.2) is 48.1 Å². The van der Waals surface area contributed by atoms with E-state index in [0.29, 0.717) is 30.0 Å². The molecular formula is C38H51N3O5. The molecule has 0 aliphatic rings. The zero-order valence-corrected chi connectivity index (χ0v) is 28.5. The van der Waals surface area contributed by atoms with Gasteiger partial charge in [-0.1, -0.05) is 92.3 Å². The number of benzene rings is 3. The lowest BCUT2D eigenvalue weighted by atomic mass is 9.97. The number of alkyl carbamates (subject to hydrolysis) is 1. The van der Waals surface area contributed by atoms with E-state index in [4.69, 9.17) is 9.47 Å². The molecule has 0 aliphatic carbocycles. The second-order valence-electron chi connectivity index (χ2n) is 12.9. The maximum atomic E-state index is 14.8. The molecule has 0 heterocycles. The molecule has 3 amide bonds. The van der Waals surface area contributed by atoms with E-state index >= 15 is 0 Å². The molecule has 3 rings (SSSR count). The van der Waals surface area contributed by atoms with Gasteiger partial charge in [0.2, 0.25) is 5.91 Å². The van der Waals surface area contributed by atoms with Crippen molar-refractivity contribution in [2.45, 2.75) is 97.8 Å². The molecule has 2 unspecified atom stereocenters. The first-order valence-electron chi connectivity index (χ1n) is 16.3. The summed E-state index contributed by atoms with van der Waals surface area (Å²) in [5.41, 5.74) is 3.40. The van der Waals surface area contributed by atoms with Crippen LogP contribution >= 0.6 is 0 Å². The molecule has 0 saturated heterocycles. The van der Waals surface area contributed by atoms with E-state index in [2.05, 4.69) is 17.6 Å². The number of carbonyl (C=O) groups is 3. The van der Waals surface area contributed by atoms with Gasteiger partial charge in [0.05, 0.1) is 7.11 Å². The van der Waals surface area contributed by atoms with Crippen molar-refractivity contribution in [2.75, 3.05) is 19.0 Å². The molecule has 0 radical (unpaired) electrons. The third kappa shape index (κ3) is 11.5. The summed E-state index contributed by atoms with van der Waals surface area (Å²) in [5, 5.41) is 5.88. The van der Waals surface area contributed by atoms with Crippen LogP contribution in [-0.2, 0) is 20.7 Å².